The Hall–Kier alpha value is -1.19. The van der Waals surface area contributed by atoms with Crippen molar-refractivity contribution in [2.75, 3.05) is 6.54 Å². The largest absolute Gasteiger partial charge is 0.306 e. The van der Waals surface area contributed by atoms with E-state index in [1.807, 2.05) is 12.1 Å². The van der Waals surface area contributed by atoms with Gasteiger partial charge in [0.05, 0.1) is 6.04 Å². The van der Waals surface area contributed by atoms with Crippen molar-refractivity contribution in [2.45, 2.75) is 26.3 Å². The van der Waals surface area contributed by atoms with Crippen molar-refractivity contribution in [1.82, 2.24) is 5.32 Å². The molecule has 2 rings (SSSR count). The predicted octanol–water partition coefficient (Wildman–Crippen LogP) is 4.99. The Morgan fingerprint density at radius 3 is 2.40 bits per heavy atom. The van der Waals surface area contributed by atoms with Gasteiger partial charge in [0.1, 0.15) is 5.82 Å². The summed E-state index contributed by atoms with van der Waals surface area (Å²) in [6, 6.07) is 13.2. The standard InChI is InChI=1S/C17H19BrFN/c1-3-8-20-17(13-4-6-16(19)7-5-13)14-9-12(2)10-15(18)11-14/h4-7,9-11,17,20H,3,8H2,1-2H3. The van der Waals surface area contributed by atoms with Crippen molar-refractivity contribution in [2.24, 2.45) is 0 Å². The van der Waals surface area contributed by atoms with Gasteiger partial charge in [-0.25, -0.2) is 4.39 Å². The molecule has 0 radical (unpaired) electrons. The molecule has 0 aromatic heterocycles. The van der Waals surface area contributed by atoms with Crippen LogP contribution in [0.5, 0.6) is 0 Å². The summed E-state index contributed by atoms with van der Waals surface area (Å²) in [6.45, 7) is 5.14. The zero-order chi connectivity index (χ0) is 14.5. The van der Waals surface area contributed by atoms with E-state index in [1.165, 1.54) is 23.3 Å². The van der Waals surface area contributed by atoms with E-state index < -0.39 is 0 Å². The van der Waals surface area contributed by atoms with E-state index in [2.05, 4.69) is 53.3 Å². The molecule has 1 N–H and O–H groups in total. The Bertz CT molecular complexity index is 545. The van der Waals surface area contributed by atoms with Crippen molar-refractivity contribution in [3.05, 3.63) is 69.4 Å². The van der Waals surface area contributed by atoms with Gasteiger partial charge >= 0.3 is 0 Å². The number of hydrogen-bond acceptors (Lipinski definition) is 1. The summed E-state index contributed by atoms with van der Waals surface area (Å²) in [5.41, 5.74) is 3.48. The summed E-state index contributed by atoms with van der Waals surface area (Å²) in [5.74, 6) is -0.201. The minimum atomic E-state index is -0.201. The predicted molar refractivity (Wildman–Crippen MR) is 85.4 cm³/mol. The van der Waals surface area contributed by atoms with Gasteiger partial charge in [0.15, 0.2) is 0 Å². The Labute approximate surface area is 128 Å². The molecule has 0 bridgehead atoms. The summed E-state index contributed by atoms with van der Waals surface area (Å²) in [4.78, 5) is 0. The molecule has 1 unspecified atom stereocenters. The fraction of sp³-hybridized carbons (Fsp3) is 0.294. The molecule has 2 aromatic rings. The van der Waals surface area contributed by atoms with Crippen LogP contribution in [0, 0.1) is 12.7 Å². The van der Waals surface area contributed by atoms with Crippen LogP contribution in [0.15, 0.2) is 46.9 Å². The van der Waals surface area contributed by atoms with Gasteiger partial charge in [0, 0.05) is 4.47 Å². The molecule has 0 saturated heterocycles. The topological polar surface area (TPSA) is 12.0 Å². The van der Waals surface area contributed by atoms with Gasteiger partial charge < -0.3 is 5.32 Å². The highest BCUT2D eigenvalue weighted by Crippen LogP contribution is 2.26. The molecule has 2 aromatic carbocycles. The van der Waals surface area contributed by atoms with Gasteiger partial charge in [0.25, 0.3) is 0 Å². The first-order valence-electron chi connectivity index (χ1n) is 6.86. The summed E-state index contributed by atoms with van der Waals surface area (Å²) in [7, 11) is 0. The first-order valence-corrected chi connectivity index (χ1v) is 7.65. The van der Waals surface area contributed by atoms with E-state index in [4.69, 9.17) is 0 Å². The number of rotatable bonds is 5. The van der Waals surface area contributed by atoms with E-state index in [9.17, 15) is 4.39 Å². The molecule has 0 saturated carbocycles. The average molecular weight is 336 g/mol. The summed E-state index contributed by atoms with van der Waals surface area (Å²) in [6.07, 6.45) is 1.06. The molecule has 0 aliphatic carbocycles. The lowest BCUT2D eigenvalue weighted by Gasteiger charge is -2.20. The lowest BCUT2D eigenvalue weighted by atomic mass is 9.97. The van der Waals surface area contributed by atoms with Crippen LogP contribution in [0.2, 0.25) is 0 Å². The lowest BCUT2D eigenvalue weighted by Crippen LogP contribution is -2.23. The second-order valence-electron chi connectivity index (χ2n) is 5.00. The number of nitrogens with one attached hydrogen (secondary N) is 1. The van der Waals surface area contributed by atoms with E-state index in [0.717, 1.165) is 23.0 Å². The number of hydrogen-bond donors (Lipinski definition) is 1. The van der Waals surface area contributed by atoms with Crippen LogP contribution >= 0.6 is 15.9 Å². The summed E-state index contributed by atoms with van der Waals surface area (Å²) < 4.78 is 14.2. The number of benzene rings is 2. The zero-order valence-electron chi connectivity index (χ0n) is 11.8. The Morgan fingerprint density at radius 1 is 1.10 bits per heavy atom. The molecular formula is C17H19BrFN. The Kier molecular flexibility index (Phi) is 5.32. The number of aryl methyl sites for hydroxylation is 1. The van der Waals surface area contributed by atoms with Gasteiger partial charge in [-0.2, -0.15) is 0 Å². The molecule has 0 spiro atoms. The van der Waals surface area contributed by atoms with Crippen LogP contribution in [-0.2, 0) is 0 Å². The van der Waals surface area contributed by atoms with Gasteiger partial charge in [-0.15, -0.1) is 0 Å². The van der Waals surface area contributed by atoms with Crippen molar-refractivity contribution >= 4 is 15.9 Å². The SMILES string of the molecule is CCCNC(c1ccc(F)cc1)c1cc(C)cc(Br)c1. The molecule has 1 nitrogen and oxygen atoms in total. The second-order valence-corrected chi connectivity index (χ2v) is 5.92. The van der Waals surface area contributed by atoms with Crippen LogP contribution in [0.1, 0.15) is 36.1 Å². The third kappa shape index (κ3) is 3.90. The first-order chi connectivity index (χ1) is 9.60. The van der Waals surface area contributed by atoms with Gasteiger partial charge in [-0.1, -0.05) is 41.1 Å². The molecule has 0 aliphatic heterocycles. The average Bonchev–Trinajstić information content (AvgIpc) is 2.40. The number of halogens is 2. The molecule has 0 fully saturated rings. The zero-order valence-corrected chi connectivity index (χ0v) is 13.4. The quantitative estimate of drug-likeness (QED) is 0.811. The van der Waals surface area contributed by atoms with Crippen LogP contribution in [0.25, 0.3) is 0 Å². The molecule has 0 heterocycles. The van der Waals surface area contributed by atoms with Crippen LogP contribution < -0.4 is 5.32 Å². The van der Waals surface area contributed by atoms with E-state index in [1.54, 1.807) is 0 Å². The maximum atomic E-state index is 13.1. The van der Waals surface area contributed by atoms with Gasteiger partial charge in [0.2, 0.25) is 0 Å². The van der Waals surface area contributed by atoms with Crippen molar-refractivity contribution in [3.8, 4) is 0 Å². The Balaban J connectivity index is 2.38. The minimum Gasteiger partial charge on any atom is -0.306 e. The highest BCUT2D eigenvalue weighted by molar-refractivity contribution is 9.10. The summed E-state index contributed by atoms with van der Waals surface area (Å²) in [5, 5.41) is 3.53. The highest BCUT2D eigenvalue weighted by Gasteiger charge is 2.14. The van der Waals surface area contributed by atoms with Gasteiger partial charge in [-0.05, 0) is 60.8 Å². The third-order valence-corrected chi connectivity index (χ3v) is 3.66. The lowest BCUT2D eigenvalue weighted by molar-refractivity contribution is 0.592. The Morgan fingerprint density at radius 2 is 1.80 bits per heavy atom. The maximum Gasteiger partial charge on any atom is 0.123 e. The molecule has 0 amide bonds. The minimum absolute atomic E-state index is 0.0896. The molecule has 1 atom stereocenters. The molecule has 0 aliphatic rings. The van der Waals surface area contributed by atoms with Crippen molar-refractivity contribution in [1.29, 1.82) is 0 Å². The molecular weight excluding hydrogens is 317 g/mol. The maximum absolute atomic E-state index is 13.1. The molecule has 20 heavy (non-hydrogen) atoms. The van der Waals surface area contributed by atoms with Crippen LogP contribution in [0.3, 0.4) is 0 Å². The van der Waals surface area contributed by atoms with E-state index in [-0.39, 0.29) is 11.9 Å². The van der Waals surface area contributed by atoms with Crippen LogP contribution in [-0.4, -0.2) is 6.54 Å². The molecule has 3 heteroatoms. The summed E-state index contributed by atoms with van der Waals surface area (Å²) >= 11 is 3.55. The fourth-order valence-electron chi connectivity index (χ4n) is 2.30. The smallest absolute Gasteiger partial charge is 0.123 e. The van der Waals surface area contributed by atoms with Crippen molar-refractivity contribution < 1.29 is 4.39 Å². The van der Waals surface area contributed by atoms with Crippen LogP contribution in [0.4, 0.5) is 4.39 Å². The van der Waals surface area contributed by atoms with E-state index >= 15 is 0 Å². The second kappa shape index (κ2) is 7.00. The fourth-order valence-corrected chi connectivity index (χ4v) is 2.93. The van der Waals surface area contributed by atoms with E-state index in [0.29, 0.717) is 0 Å². The monoisotopic (exact) mass is 335 g/mol. The van der Waals surface area contributed by atoms with Gasteiger partial charge in [-0.3, -0.25) is 0 Å². The first kappa shape index (κ1) is 15.2. The third-order valence-electron chi connectivity index (χ3n) is 3.20. The normalized spacial score (nSPS) is 12.4. The highest BCUT2D eigenvalue weighted by atomic mass is 79.9. The van der Waals surface area contributed by atoms with Crippen molar-refractivity contribution in [3.63, 3.8) is 0 Å². The molecule has 106 valence electrons.